The molecule has 1 amide bonds. The molecule has 31 heavy (non-hydrogen) atoms. The number of aliphatic hydroxyl groups is 1. The van der Waals surface area contributed by atoms with E-state index in [-0.39, 0.29) is 16.6 Å². The molecule has 1 heterocycles. The number of carbonyl (C=O) groups is 1. The molecule has 2 aromatic carbocycles. The van der Waals surface area contributed by atoms with Crippen LogP contribution in [0.3, 0.4) is 0 Å². The Bertz CT molecular complexity index is 1160. The van der Waals surface area contributed by atoms with Crippen LogP contribution in [0.2, 0.25) is 5.02 Å². The topological polar surface area (TPSA) is 87.6 Å². The van der Waals surface area contributed by atoms with Gasteiger partial charge >= 0.3 is 0 Å². The van der Waals surface area contributed by atoms with Crippen molar-refractivity contribution in [3.8, 4) is 11.3 Å². The van der Waals surface area contributed by atoms with Crippen molar-refractivity contribution >= 4 is 33.0 Å². The number of halogens is 1. The third-order valence-corrected chi connectivity index (χ3v) is 6.93. The highest BCUT2D eigenvalue weighted by Gasteiger charge is 2.21. The summed E-state index contributed by atoms with van der Waals surface area (Å²) in [6, 6.07) is 16.6. The van der Waals surface area contributed by atoms with Crippen LogP contribution < -0.4 is 4.90 Å². The predicted molar refractivity (Wildman–Crippen MR) is 122 cm³/mol. The van der Waals surface area contributed by atoms with Gasteiger partial charge in [0.15, 0.2) is 9.84 Å². The number of hydrogen-bond acceptors (Lipinski definition) is 5. The summed E-state index contributed by atoms with van der Waals surface area (Å²) < 4.78 is 24.5. The van der Waals surface area contributed by atoms with Crippen LogP contribution in [0, 0.1) is 0 Å². The second kappa shape index (κ2) is 9.60. The summed E-state index contributed by atoms with van der Waals surface area (Å²) in [7, 11) is -3.62. The van der Waals surface area contributed by atoms with E-state index in [4.69, 9.17) is 11.6 Å². The Morgan fingerprint density at radius 3 is 2.42 bits per heavy atom. The van der Waals surface area contributed by atoms with Crippen molar-refractivity contribution in [3.05, 3.63) is 77.4 Å². The quantitative estimate of drug-likeness (QED) is 0.572. The molecule has 0 spiro atoms. The van der Waals surface area contributed by atoms with Crippen LogP contribution in [0.4, 0.5) is 5.69 Å². The molecule has 8 heteroatoms. The number of rotatable bonds is 7. The number of nitrogens with zero attached hydrogens (tertiary/aromatic N) is 2. The number of pyridine rings is 1. The Morgan fingerprint density at radius 1 is 1.13 bits per heavy atom. The Morgan fingerprint density at radius 2 is 1.84 bits per heavy atom. The summed E-state index contributed by atoms with van der Waals surface area (Å²) in [4.78, 5) is 19.1. The standard InChI is InChI=1S/C23H23ClN2O4S/c1-3-26(18-9-12-21(24)20(14-18)22-6-4-5-13-25-22)23(28)17-7-10-19(11-8-17)31(29,30)15-16(2)27/h4-14,16,27H,3,15H2,1-2H3/t16-/m0/s1. The lowest BCUT2D eigenvalue weighted by Crippen LogP contribution is -2.30. The molecule has 0 aliphatic rings. The number of amides is 1. The highest BCUT2D eigenvalue weighted by molar-refractivity contribution is 7.91. The second-order valence-corrected chi connectivity index (χ2v) is 9.52. The fourth-order valence-corrected chi connectivity index (χ4v) is 4.81. The molecule has 0 fully saturated rings. The zero-order valence-corrected chi connectivity index (χ0v) is 18.8. The van der Waals surface area contributed by atoms with Crippen LogP contribution in [0.1, 0.15) is 24.2 Å². The molecule has 1 aromatic heterocycles. The number of aliphatic hydroxyl groups excluding tert-OH is 1. The molecular formula is C23H23ClN2O4S. The van der Waals surface area contributed by atoms with Gasteiger partial charge < -0.3 is 10.0 Å². The Balaban J connectivity index is 1.90. The van der Waals surface area contributed by atoms with Gasteiger partial charge in [0.05, 0.1) is 27.5 Å². The van der Waals surface area contributed by atoms with Crippen molar-refractivity contribution in [2.75, 3.05) is 17.2 Å². The molecule has 3 rings (SSSR count). The van der Waals surface area contributed by atoms with E-state index >= 15 is 0 Å². The lowest BCUT2D eigenvalue weighted by molar-refractivity contribution is 0.0988. The van der Waals surface area contributed by atoms with Gasteiger partial charge in [-0.15, -0.1) is 0 Å². The molecule has 6 nitrogen and oxygen atoms in total. The molecule has 0 saturated carbocycles. The van der Waals surface area contributed by atoms with Crippen LogP contribution in [-0.2, 0) is 9.84 Å². The van der Waals surface area contributed by atoms with E-state index in [9.17, 15) is 18.3 Å². The summed E-state index contributed by atoms with van der Waals surface area (Å²) in [5.74, 6) is -0.640. The van der Waals surface area contributed by atoms with Gasteiger partial charge in [-0.1, -0.05) is 17.7 Å². The molecule has 162 valence electrons. The summed E-state index contributed by atoms with van der Waals surface area (Å²) in [6.07, 6.45) is 0.703. The van der Waals surface area contributed by atoms with Gasteiger partial charge in [0.1, 0.15) is 0 Å². The number of anilines is 1. The number of benzene rings is 2. The van der Waals surface area contributed by atoms with Crippen molar-refractivity contribution in [2.24, 2.45) is 0 Å². The zero-order chi connectivity index (χ0) is 22.6. The number of sulfone groups is 1. The lowest BCUT2D eigenvalue weighted by atomic mass is 10.1. The van der Waals surface area contributed by atoms with Crippen molar-refractivity contribution in [2.45, 2.75) is 24.8 Å². The van der Waals surface area contributed by atoms with Crippen molar-refractivity contribution < 1.29 is 18.3 Å². The molecule has 1 atom stereocenters. The number of aromatic nitrogens is 1. The third kappa shape index (κ3) is 5.31. The van der Waals surface area contributed by atoms with E-state index in [2.05, 4.69) is 4.98 Å². The molecule has 0 saturated heterocycles. The van der Waals surface area contributed by atoms with Crippen LogP contribution >= 0.6 is 11.6 Å². The Labute approximate surface area is 187 Å². The average Bonchev–Trinajstić information content (AvgIpc) is 2.75. The predicted octanol–water partition coefficient (Wildman–Crippen LogP) is 4.22. The van der Waals surface area contributed by atoms with Gasteiger partial charge in [-0.2, -0.15) is 0 Å². The summed E-state index contributed by atoms with van der Waals surface area (Å²) in [5.41, 5.74) is 2.42. The first kappa shape index (κ1) is 22.9. The first-order valence-corrected chi connectivity index (χ1v) is 11.8. The molecule has 0 aliphatic heterocycles. The summed E-state index contributed by atoms with van der Waals surface area (Å²) >= 11 is 6.35. The largest absolute Gasteiger partial charge is 0.392 e. The fourth-order valence-electron chi connectivity index (χ4n) is 3.22. The maximum atomic E-state index is 13.1. The van der Waals surface area contributed by atoms with E-state index in [1.807, 2.05) is 31.2 Å². The lowest BCUT2D eigenvalue weighted by Gasteiger charge is -2.22. The van der Waals surface area contributed by atoms with Crippen molar-refractivity contribution in [3.63, 3.8) is 0 Å². The van der Waals surface area contributed by atoms with Gasteiger partial charge in [-0.25, -0.2) is 8.42 Å². The summed E-state index contributed by atoms with van der Waals surface area (Å²) in [5, 5.41) is 9.92. The van der Waals surface area contributed by atoms with E-state index in [0.717, 1.165) is 0 Å². The molecule has 1 N–H and O–H groups in total. The first-order valence-electron chi connectivity index (χ1n) is 9.76. The minimum Gasteiger partial charge on any atom is -0.392 e. The molecular weight excluding hydrogens is 436 g/mol. The Kier molecular flexibility index (Phi) is 7.10. The highest BCUT2D eigenvalue weighted by atomic mass is 35.5. The average molecular weight is 459 g/mol. The van der Waals surface area contributed by atoms with E-state index in [1.54, 1.807) is 23.2 Å². The SMILES string of the molecule is CCN(C(=O)c1ccc(S(=O)(=O)C[C@H](C)O)cc1)c1ccc(Cl)c(-c2ccccn2)c1. The monoisotopic (exact) mass is 458 g/mol. The molecule has 0 unspecified atom stereocenters. The van der Waals surface area contributed by atoms with Gasteiger partial charge in [0.25, 0.3) is 5.91 Å². The zero-order valence-electron chi connectivity index (χ0n) is 17.2. The molecule has 0 radical (unpaired) electrons. The van der Waals surface area contributed by atoms with E-state index in [0.29, 0.717) is 34.1 Å². The minimum atomic E-state index is -3.62. The maximum Gasteiger partial charge on any atom is 0.258 e. The number of carbonyl (C=O) groups excluding carboxylic acids is 1. The minimum absolute atomic E-state index is 0.0666. The Hall–Kier alpha value is -2.74. The highest BCUT2D eigenvalue weighted by Crippen LogP contribution is 2.31. The van der Waals surface area contributed by atoms with E-state index < -0.39 is 15.9 Å². The van der Waals surface area contributed by atoms with Gasteiger partial charge in [0, 0.05) is 29.6 Å². The van der Waals surface area contributed by atoms with Crippen LogP contribution in [-0.4, -0.2) is 42.8 Å². The van der Waals surface area contributed by atoms with Gasteiger partial charge in [-0.05, 0) is 68.4 Å². The van der Waals surface area contributed by atoms with Crippen LogP contribution in [0.15, 0.2) is 71.8 Å². The third-order valence-electron chi connectivity index (χ3n) is 4.68. The first-order chi connectivity index (χ1) is 14.7. The number of hydrogen-bond donors (Lipinski definition) is 1. The summed E-state index contributed by atoms with van der Waals surface area (Å²) in [6.45, 7) is 3.68. The van der Waals surface area contributed by atoms with E-state index in [1.165, 1.54) is 31.2 Å². The normalized spacial score (nSPS) is 12.4. The van der Waals surface area contributed by atoms with Crippen molar-refractivity contribution in [1.29, 1.82) is 0 Å². The second-order valence-electron chi connectivity index (χ2n) is 7.08. The molecule has 3 aromatic rings. The van der Waals surface area contributed by atoms with Crippen molar-refractivity contribution in [1.82, 2.24) is 4.98 Å². The van der Waals surface area contributed by atoms with Crippen LogP contribution in [0.25, 0.3) is 11.3 Å². The molecule has 0 bridgehead atoms. The van der Waals surface area contributed by atoms with Gasteiger partial charge in [0.2, 0.25) is 0 Å². The molecule has 0 aliphatic carbocycles. The van der Waals surface area contributed by atoms with Crippen LogP contribution in [0.5, 0.6) is 0 Å². The fraction of sp³-hybridized carbons (Fsp3) is 0.217. The smallest absolute Gasteiger partial charge is 0.258 e. The maximum absolute atomic E-state index is 13.1. The van der Waals surface area contributed by atoms with Gasteiger partial charge in [-0.3, -0.25) is 9.78 Å².